The number of H-pyrrole nitrogens is 1. The van der Waals surface area contributed by atoms with Gasteiger partial charge in [0.25, 0.3) is 0 Å². The van der Waals surface area contributed by atoms with Crippen molar-refractivity contribution in [3.8, 4) is 11.3 Å². The molecule has 1 aromatic carbocycles. The van der Waals surface area contributed by atoms with Gasteiger partial charge in [0, 0.05) is 59.4 Å². The predicted octanol–water partition coefficient (Wildman–Crippen LogP) is 6.51. The number of aromatic amines is 1. The van der Waals surface area contributed by atoms with Gasteiger partial charge in [0.2, 0.25) is 11.8 Å². The SMILES string of the molecule is Cc1cc(C)cc(-c2[nH]c3sc(C(C)(C)CC4C5CCC4C(=O)N5)cc3c2[C@H](C)CNC(=O)C2CN(Cc3nccs3)C2)c1. The third-order valence-electron chi connectivity index (χ3n) is 10.2. The largest absolute Gasteiger partial charge is 0.355 e. The van der Waals surface area contributed by atoms with Crippen LogP contribution in [0.15, 0.2) is 35.8 Å². The molecule has 7 rings (SSSR count). The second-order valence-corrected chi connectivity index (χ2v) is 16.2. The molecular weight excluding hydrogens is 587 g/mol. The zero-order valence-electron chi connectivity index (χ0n) is 26.3. The van der Waals surface area contributed by atoms with Gasteiger partial charge in [0.15, 0.2) is 0 Å². The Labute approximate surface area is 267 Å². The zero-order chi connectivity index (χ0) is 30.7. The third-order valence-corrected chi connectivity index (χ3v) is 12.4. The van der Waals surface area contributed by atoms with Gasteiger partial charge in [-0.15, -0.1) is 22.7 Å². The van der Waals surface area contributed by atoms with Crippen LogP contribution in [0.4, 0.5) is 0 Å². The highest BCUT2D eigenvalue weighted by atomic mass is 32.1. The Morgan fingerprint density at radius 3 is 2.59 bits per heavy atom. The van der Waals surface area contributed by atoms with Crippen molar-refractivity contribution in [1.82, 2.24) is 25.5 Å². The van der Waals surface area contributed by atoms with Gasteiger partial charge >= 0.3 is 0 Å². The monoisotopic (exact) mass is 629 g/mol. The van der Waals surface area contributed by atoms with Gasteiger partial charge < -0.3 is 15.6 Å². The highest BCUT2D eigenvalue weighted by Crippen LogP contribution is 2.48. The lowest BCUT2D eigenvalue weighted by Crippen LogP contribution is -2.53. The summed E-state index contributed by atoms with van der Waals surface area (Å²) in [5, 5.41) is 10.9. The fourth-order valence-corrected chi connectivity index (χ4v) is 9.76. The molecule has 2 bridgehead atoms. The van der Waals surface area contributed by atoms with E-state index in [-0.39, 0.29) is 35.0 Å². The van der Waals surface area contributed by atoms with E-state index in [9.17, 15) is 9.59 Å². The number of thiazole rings is 1. The minimum absolute atomic E-state index is 0.0353. The first-order chi connectivity index (χ1) is 21.1. The first-order valence-electron chi connectivity index (χ1n) is 16.0. The molecule has 7 nitrogen and oxygen atoms in total. The van der Waals surface area contributed by atoms with Crippen molar-refractivity contribution < 1.29 is 9.59 Å². The number of carbonyl (C=O) groups is 2. The topological polar surface area (TPSA) is 90.1 Å². The molecule has 2 aliphatic heterocycles. The number of nitrogens with zero attached hydrogens (tertiary/aromatic N) is 2. The number of rotatable bonds is 10. The Bertz CT molecular complexity index is 1680. The molecular formula is C35H43N5O2S2. The summed E-state index contributed by atoms with van der Waals surface area (Å²) >= 11 is 3.52. The molecule has 3 aromatic heterocycles. The molecule has 232 valence electrons. The minimum Gasteiger partial charge on any atom is -0.355 e. The Kier molecular flexibility index (Phi) is 7.70. The number of nitrogens with one attached hydrogen (secondary N) is 3. The second-order valence-electron chi connectivity index (χ2n) is 14.2. The van der Waals surface area contributed by atoms with Crippen LogP contribution in [0.3, 0.4) is 0 Å². The van der Waals surface area contributed by atoms with E-state index < -0.39 is 0 Å². The lowest BCUT2D eigenvalue weighted by molar-refractivity contribution is -0.130. The lowest BCUT2D eigenvalue weighted by Gasteiger charge is -2.37. The molecule has 3 unspecified atom stereocenters. The molecule has 3 aliphatic rings. The number of aryl methyl sites for hydroxylation is 2. The maximum atomic E-state index is 13.2. The number of aromatic nitrogens is 2. The molecule has 44 heavy (non-hydrogen) atoms. The van der Waals surface area contributed by atoms with E-state index in [1.165, 1.54) is 37.3 Å². The second kappa shape index (κ2) is 11.4. The van der Waals surface area contributed by atoms with Crippen LogP contribution >= 0.6 is 22.7 Å². The van der Waals surface area contributed by atoms with Crippen molar-refractivity contribution in [3.63, 3.8) is 0 Å². The first-order valence-corrected chi connectivity index (χ1v) is 17.7. The lowest BCUT2D eigenvalue weighted by atomic mass is 9.77. The van der Waals surface area contributed by atoms with Crippen molar-refractivity contribution in [3.05, 3.63) is 62.4 Å². The summed E-state index contributed by atoms with van der Waals surface area (Å²) in [5.74, 6) is 1.16. The standard InChI is InChI=1S/C35H43N5O2S2/c1-19-10-20(2)12-22(11-19)31-30(21(3)15-37-32(41)23-16-40(17-23)18-29-36-8-9-43-29)25-13-28(44-34(25)39-31)35(4,5)14-26-24-6-7-27(26)38-33(24)42/h8-13,21,23-24,26-27,39H,6-7,14-18H2,1-5H3,(H,37,41)(H,38,42)/t21-,24?,26?,27?/m1/s1. The van der Waals surface area contributed by atoms with Gasteiger partial charge in [-0.05, 0) is 73.8 Å². The molecule has 9 heteroatoms. The highest BCUT2D eigenvalue weighted by Gasteiger charge is 2.49. The minimum atomic E-state index is -0.0358. The van der Waals surface area contributed by atoms with E-state index in [0.717, 1.165) is 49.6 Å². The maximum Gasteiger partial charge on any atom is 0.225 e. The number of amides is 2. The van der Waals surface area contributed by atoms with Crippen LogP contribution in [0.1, 0.15) is 72.5 Å². The molecule has 1 saturated carbocycles. The van der Waals surface area contributed by atoms with E-state index >= 15 is 0 Å². The van der Waals surface area contributed by atoms with Crippen molar-refractivity contribution >= 4 is 44.7 Å². The van der Waals surface area contributed by atoms with Gasteiger partial charge in [0.1, 0.15) is 9.84 Å². The Morgan fingerprint density at radius 2 is 1.93 bits per heavy atom. The van der Waals surface area contributed by atoms with Crippen LogP contribution in [0.5, 0.6) is 0 Å². The van der Waals surface area contributed by atoms with Gasteiger partial charge in [-0.3, -0.25) is 14.5 Å². The summed E-state index contributed by atoms with van der Waals surface area (Å²) < 4.78 is 0. The highest BCUT2D eigenvalue weighted by molar-refractivity contribution is 7.18. The number of fused-ring (bicyclic) bond motifs is 3. The van der Waals surface area contributed by atoms with Crippen LogP contribution in [-0.4, -0.2) is 52.4 Å². The fraction of sp³-hybridized carbons (Fsp3) is 0.514. The number of thiophene rings is 1. The van der Waals surface area contributed by atoms with E-state index in [1.54, 1.807) is 11.3 Å². The maximum absolute atomic E-state index is 13.2. The number of hydrogen-bond donors (Lipinski definition) is 3. The van der Waals surface area contributed by atoms with Gasteiger partial charge in [0.05, 0.1) is 18.2 Å². The normalized spacial score (nSPS) is 22.8. The van der Waals surface area contributed by atoms with Crippen LogP contribution in [0.2, 0.25) is 0 Å². The number of hydrogen-bond acceptors (Lipinski definition) is 6. The Balaban J connectivity index is 1.12. The van der Waals surface area contributed by atoms with E-state index in [4.69, 9.17) is 0 Å². The summed E-state index contributed by atoms with van der Waals surface area (Å²) in [6.45, 7) is 14.2. The summed E-state index contributed by atoms with van der Waals surface area (Å²) in [5.41, 5.74) is 6.09. The molecule has 0 spiro atoms. The van der Waals surface area contributed by atoms with Crippen molar-refractivity contribution in [2.24, 2.45) is 17.8 Å². The predicted molar refractivity (Wildman–Crippen MR) is 179 cm³/mol. The van der Waals surface area contributed by atoms with E-state index in [2.05, 4.69) is 84.4 Å². The molecule has 0 radical (unpaired) electrons. The van der Waals surface area contributed by atoms with Gasteiger partial charge in [-0.2, -0.15) is 0 Å². The summed E-state index contributed by atoms with van der Waals surface area (Å²) in [6.07, 6.45) is 4.99. The molecule has 1 aliphatic carbocycles. The fourth-order valence-electron chi connectivity index (χ4n) is 7.92. The average molecular weight is 630 g/mol. The number of piperidine rings is 1. The van der Waals surface area contributed by atoms with Crippen LogP contribution in [0, 0.1) is 31.6 Å². The van der Waals surface area contributed by atoms with Gasteiger partial charge in [-0.25, -0.2) is 4.98 Å². The number of likely N-dealkylation sites (tertiary alicyclic amines) is 1. The van der Waals surface area contributed by atoms with Crippen molar-refractivity contribution in [2.45, 2.75) is 77.8 Å². The summed E-state index contributed by atoms with van der Waals surface area (Å²) in [4.78, 5) is 38.6. The smallest absolute Gasteiger partial charge is 0.225 e. The molecule has 2 saturated heterocycles. The van der Waals surface area contributed by atoms with Crippen LogP contribution in [-0.2, 0) is 21.5 Å². The number of benzene rings is 1. The average Bonchev–Trinajstić information content (AvgIpc) is 3.76. The molecule has 2 amide bonds. The Morgan fingerprint density at radius 1 is 1.16 bits per heavy atom. The third kappa shape index (κ3) is 5.52. The van der Waals surface area contributed by atoms with Crippen LogP contribution < -0.4 is 10.6 Å². The summed E-state index contributed by atoms with van der Waals surface area (Å²) in [6, 6.07) is 9.46. The molecule has 3 fully saturated rings. The van der Waals surface area contributed by atoms with Crippen molar-refractivity contribution in [1.29, 1.82) is 0 Å². The zero-order valence-corrected chi connectivity index (χ0v) is 28.0. The quantitative estimate of drug-likeness (QED) is 0.187. The number of carbonyl (C=O) groups excluding carboxylic acids is 2. The molecule has 4 atom stereocenters. The van der Waals surface area contributed by atoms with E-state index in [0.29, 0.717) is 18.5 Å². The first kappa shape index (κ1) is 29.7. The van der Waals surface area contributed by atoms with E-state index in [1.807, 2.05) is 22.9 Å². The van der Waals surface area contributed by atoms with Gasteiger partial charge in [-0.1, -0.05) is 38.0 Å². The Hall–Kier alpha value is -3.01. The molecule has 3 N–H and O–H groups in total. The summed E-state index contributed by atoms with van der Waals surface area (Å²) in [7, 11) is 0. The van der Waals surface area contributed by atoms with Crippen molar-refractivity contribution in [2.75, 3.05) is 19.6 Å². The molecule has 4 aromatic rings. The van der Waals surface area contributed by atoms with Crippen LogP contribution in [0.25, 0.3) is 21.5 Å². The molecule has 5 heterocycles.